The Labute approximate surface area is 45.5 Å². The van der Waals surface area contributed by atoms with Gasteiger partial charge in [0.05, 0.1) is 0 Å². The maximum Gasteiger partial charge on any atom is 0.0364 e. The molecule has 0 amide bonds. The van der Waals surface area contributed by atoms with E-state index in [4.69, 9.17) is 0 Å². The van der Waals surface area contributed by atoms with Crippen molar-refractivity contribution in [2.45, 2.75) is 12.2 Å². The number of hydrogen-bond acceptors (Lipinski definition) is 2. The summed E-state index contributed by atoms with van der Waals surface area (Å²) in [6, 6.07) is 0. The Bertz CT molecular complexity index is 89.7. The van der Waals surface area contributed by atoms with Crippen LogP contribution in [-0.4, -0.2) is 14.0 Å². The van der Waals surface area contributed by atoms with Crippen molar-refractivity contribution in [3.63, 3.8) is 0 Å². The fourth-order valence-electron chi connectivity index (χ4n) is 0.0786. The Morgan fingerprint density at radius 1 is 2.00 bits per heavy atom. The molecule has 2 unspecified atom stereocenters. The predicted molar refractivity (Wildman–Crippen MR) is 28.6 cm³/mol. The van der Waals surface area contributed by atoms with Crippen molar-refractivity contribution in [2.24, 2.45) is 0 Å². The summed E-state index contributed by atoms with van der Waals surface area (Å²) in [5.41, 5.74) is 0. The topological polar surface area (TPSA) is 40.1 Å². The SMILES string of the molecule is C=CC(C)S(=O)[O-]. The molecule has 3 heteroatoms. The minimum absolute atomic E-state index is 0.417. The molecule has 0 saturated heterocycles. The summed E-state index contributed by atoms with van der Waals surface area (Å²) >= 11 is -1.98. The monoisotopic (exact) mass is 119 g/mol. The molecule has 0 rings (SSSR count). The van der Waals surface area contributed by atoms with Crippen LogP contribution in [-0.2, 0) is 11.1 Å². The average Bonchev–Trinajstić information content (AvgIpc) is 1.65. The molecule has 0 aromatic carbocycles. The van der Waals surface area contributed by atoms with E-state index >= 15 is 0 Å². The Kier molecular flexibility index (Phi) is 2.87. The third-order valence-corrected chi connectivity index (χ3v) is 1.44. The molecule has 0 spiro atoms. The molecule has 0 aliphatic heterocycles. The zero-order valence-corrected chi connectivity index (χ0v) is 4.90. The zero-order chi connectivity index (χ0) is 5.86. The van der Waals surface area contributed by atoms with Gasteiger partial charge in [0, 0.05) is 5.25 Å². The summed E-state index contributed by atoms with van der Waals surface area (Å²) in [7, 11) is 0. The minimum Gasteiger partial charge on any atom is -0.772 e. The van der Waals surface area contributed by atoms with E-state index in [9.17, 15) is 8.76 Å². The summed E-state index contributed by atoms with van der Waals surface area (Å²) in [5, 5.41) is -0.417. The van der Waals surface area contributed by atoms with Crippen molar-refractivity contribution in [3.8, 4) is 0 Å². The maximum atomic E-state index is 9.86. The van der Waals surface area contributed by atoms with Gasteiger partial charge in [0.1, 0.15) is 0 Å². The van der Waals surface area contributed by atoms with Gasteiger partial charge in [-0.3, -0.25) is 4.21 Å². The van der Waals surface area contributed by atoms with Crippen molar-refractivity contribution in [1.82, 2.24) is 0 Å². The van der Waals surface area contributed by atoms with E-state index in [1.807, 2.05) is 0 Å². The largest absolute Gasteiger partial charge is 0.772 e. The molecule has 0 saturated carbocycles. The molecule has 0 bridgehead atoms. The Balaban J connectivity index is 3.55. The molecule has 0 fully saturated rings. The van der Waals surface area contributed by atoms with Gasteiger partial charge in [0.2, 0.25) is 0 Å². The molecule has 0 aliphatic carbocycles. The Hall–Kier alpha value is -0.150. The summed E-state index contributed by atoms with van der Waals surface area (Å²) in [4.78, 5) is 0. The van der Waals surface area contributed by atoms with Gasteiger partial charge < -0.3 is 4.55 Å². The summed E-state index contributed by atoms with van der Waals surface area (Å²) in [5.74, 6) is 0. The quantitative estimate of drug-likeness (QED) is 0.391. The van der Waals surface area contributed by atoms with Crippen LogP contribution in [0.15, 0.2) is 12.7 Å². The highest BCUT2D eigenvalue weighted by Gasteiger charge is 1.89. The van der Waals surface area contributed by atoms with Crippen LogP contribution in [0.2, 0.25) is 0 Å². The normalized spacial score (nSPS) is 18.0. The van der Waals surface area contributed by atoms with Crippen LogP contribution in [0.25, 0.3) is 0 Å². The second-order valence-electron chi connectivity index (χ2n) is 1.20. The van der Waals surface area contributed by atoms with E-state index in [0.29, 0.717) is 0 Å². The van der Waals surface area contributed by atoms with Crippen molar-refractivity contribution in [2.75, 3.05) is 0 Å². The van der Waals surface area contributed by atoms with Gasteiger partial charge in [-0.05, 0) is 18.0 Å². The van der Waals surface area contributed by atoms with Crippen LogP contribution >= 0.6 is 0 Å². The standard InChI is InChI=1S/C4H8O2S/c1-3-4(2)7(5)6/h3-4H,1H2,2H3,(H,5,6)/p-1. The van der Waals surface area contributed by atoms with Crippen LogP contribution < -0.4 is 0 Å². The molecular weight excluding hydrogens is 112 g/mol. The minimum atomic E-state index is -1.98. The lowest BCUT2D eigenvalue weighted by molar-refractivity contribution is 0.532. The molecular formula is C4H7O2S-. The van der Waals surface area contributed by atoms with Crippen LogP contribution in [0.5, 0.6) is 0 Å². The van der Waals surface area contributed by atoms with Crippen molar-refractivity contribution in [1.29, 1.82) is 0 Å². The first-order valence-electron chi connectivity index (χ1n) is 1.89. The lowest BCUT2D eigenvalue weighted by atomic mass is 10.5. The second kappa shape index (κ2) is 2.93. The van der Waals surface area contributed by atoms with E-state index < -0.39 is 16.3 Å². The predicted octanol–water partition coefficient (Wildman–Crippen LogP) is 0.440. The second-order valence-corrected chi connectivity index (χ2v) is 2.47. The molecule has 42 valence electrons. The third-order valence-electron chi connectivity index (χ3n) is 0.635. The highest BCUT2D eigenvalue weighted by molar-refractivity contribution is 7.79. The molecule has 0 aliphatic rings. The van der Waals surface area contributed by atoms with Crippen LogP contribution in [0.4, 0.5) is 0 Å². The van der Waals surface area contributed by atoms with E-state index in [1.165, 1.54) is 6.08 Å². The van der Waals surface area contributed by atoms with Gasteiger partial charge >= 0.3 is 0 Å². The summed E-state index contributed by atoms with van der Waals surface area (Å²) in [6.45, 7) is 4.85. The Morgan fingerprint density at radius 2 is 2.43 bits per heavy atom. The molecule has 2 atom stereocenters. The van der Waals surface area contributed by atoms with Gasteiger partial charge in [0.15, 0.2) is 0 Å². The molecule has 0 heterocycles. The third kappa shape index (κ3) is 2.53. The van der Waals surface area contributed by atoms with Gasteiger partial charge in [-0.2, -0.15) is 0 Å². The van der Waals surface area contributed by atoms with Crippen molar-refractivity contribution < 1.29 is 8.76 Å². The van der Waals surface area contributed by atoms with Crippen LogP contribution in [0.1, 0.15) is 6.92 Å². The van der Waals surface area contributed by atoms with Crippen molar-refractivity contribution >= 4 is 11.1 Å². The van der Waals surface area contributed by atoms with E-state index in [2.05, 4.69) is 6.58 Å². The first-order valence-corrected chi connectivity index (χ1v) is 3.03. The smallest absolute Gasteiger partial charge is 0.0364 e. The van der Waals surface area contributed by atoms with E-state index in [0.717, 1.165) is 0 Å². The van der Waals surface area contributed by atoms with Crippen LogP contribution in [0, 0.1) is 0 Å². The first-order chi connectivity index (χ1) is 3.18. The maximum absolute atomic E-state index is 9.86. The molecule has 7 heavy (non-hydrogen) atoms. The highest BCUT2D eigenvalue weighted by Crippen LogP contribution is 1.89. The molecule has 0 radical (unpaired) electrons. The average molecular weight is 119 g/mol. The fourth-order valence-corrected chi connectivity index (χ4v) is 0.236. The lowest BCUT2D eigenvalue weighted by Crippen LogP contribution is -2.04. The lowest BCUT2D eigenvalue weighted by Gasteiger charge is -2.07. The van der Waals surface area contributed by atoms with E-state index in [-0.39, 0.29) is 0 Å². The van der Waals surface area contributed by atoms with Crippen molar-refractivity contribution in [3.05, 3.63) is 12.7 Å². The fraction of sp³-hybridized carbons (Fsp3) is 0.500. The van der Waals surface area contributed by atoms with E-state index in [1.54, 1.807) is 6.92 Å². The Morgan fingerprint density at radius 3 is 2.43 bits per heavy atom. The number of hydrogen-bond donors (Lipinski definition) is 0. The molecule has 0 aromatic rings. The molecule has 2 nitrogen and oxygen atoms in total. The van der Waals surface area contributed by atoms with Gasteiger partial charge in [-0.1, -0.05) is 6.08 Å². The van der Waals surface area contributed by atoms with Gasteiger partial charge in [-0.15, -0.1) is 6.58 Å². The number of rotatable bonds is 2. The highest BCUT2D eigenvalue weighted by atomic mass is 32.2. The van der Waals surface area contributed by atoms with Crippen LogP contribution in [0.3, 0.4) is 0 Å². The molecule has 0 N–H and O–H groups in total. The summed E-state index contributed by atoms with van der Waals surface area (Å²) < 4.78 is 19.7. The first kappa shape index (κ1) is 6.85. The van der Waals surface area contributed by atoms with Gasteiger partial charge in [0.25, 0.3) is 0 Å². The molecule has 0 aromatic heterocycles. The zero-order valence-electron chi connectivity index (χ0n) is 4.09. The van der Waals surface area contributed by atoms with Gasteiger partial charge in [-0.25, -0.2) is 0 Å². The summed E-state index contributed by atoms with van der Waals surface area (Å²) in [6.07, 6.45) is 1.38.